The van der Waals surface area contributed by atoms with Crippen LogP contribution >= 0.6 is 0 Å². The number of halogens is 5. The van der Waals surface area contributed by atoms with Crippen LogP contribution in [0.25, 0.3) is 0 Å². The Bertz CT molecular complexity index is 462. The summed E-state index contributed by atoms with van der Waals surface area (Å²) in [5, 5.41) is 0. The van der Waals surface area contributed by atoms with Gasteiger partial charge in [0, 0.05) is 0 Å². The van der Waals surface area contributed by atoms with Crippen molar-refractivity contribution in [1.82, 2.24) is 4.98 Å². The van der Waals surface area contributed by atoms with E-state index in [1.165, 1.54) is 0 Å². The van der Waals surface area contributed by atoms with Crippen molar-refractivity contribution in [3.8, 4) is 0 Å². The number of pyridine rings is 1. The van der Waals surface area contributed by atoms with E-state index in [9.17, 15) is 31.5 Å². The molecular weight excluding hydrogens is 237 g/mol. The summed E-state index contributed by atoms with van der Waals surface area (Å²) in [4.78, 5) is 22.7. The van der Waals surface area contributed by atoms with Crippen LogP contribution in [0.1, 0.15) is 28.0 Å². The lowest BCUT2D eigenvalue weighted by atomic mass is 10.1. The maximum atomic E-state index is 12.3. The van der Waals surface area contributed by atoms with Gasteiger partial charge in [-0.1, -0.05) is 0 Å². The van der Waals surface area contributed by atoms with Gasteiger partial charge in [0.15, 0.2) is 6.29 Å². The second-order valence-corrected chi connectivity index (χ2v) is 2.80. The van der Waals surface area contributed by atoms with Gasteiger partial charge in [0.1, 0.15) is 0 Å². The summed E-state index contributed by atoms with van der Waals surface area (Å²) in [5.74, 6) is 0. The highest BCUT2D eigenvalue weighted by Crippen LogP contribution is 2.34. The van der Waals surface area contributed by atoms with E-state index in [-0.39, 0.29) is 12.4 Å². The number of alkyl halides is 5. The van der Waals surface area contributed by atoms with Gasteiger partial charge in [-0.05, 0) is 6.07 Å². The third-order valence-corrected chi connectivity index (χ3v) is 1.74. The zero-order valence-corrected chi connectivity index (χ0v) is 7.44. The van der Waals surface area contributed by atoms with Crippen LogP contribution in [-0.4, -0.2) is 11.3 Å². The molecule has 1 N–H and O–H groups in total. The van der Waals surface area contributed by atoms with Gasteiger partial charge in [-0.25, -0.2) is 8.78 Å². The number of aromatic nitrogens is 1. The smallest absolute Gasteiger partial charge is 0.319 e. The molecule has 0 bridgehead atoms. The zero-order chi connectivity index (χ0) is 12.5. The first-order valence-electron chi connectivity index (χ1n) is 3.85. The molecule has 0 aromatic carbocycles. The topological polar surface area (TPSA) is 49.9 Å². The third-order valence-electron chi connectivity index (χ3n) is 1.74. The van der Waals surface area contributed by atoms with Crippen molar-refractivity contribution in [3.63, 3.8) is 0 Å². The fraction of sp³-hybridized carbons (Fsp3) is 0.250. The number of nitrogens with one attached hydrogen (secondary N) is 1. The summed E-state index contributed by atoms with van der Waals surface area (Å²) in [7, 11) is 0. The van der Waals surface area contributed by atoms with Crippen LogP contribution < -0.4 is 5.56 Å². The average Bonchev–Trinajstić information content (AvgIpc) is 2.14. The summed E-state index contributed by atoms with van der Waals surface area (Å²) in [5.41, 5.74) is -5.81. The highest BCUT2D eigenvalue weighted by atomic mass is 19.4. The van der Waals surface area contributed by atoms with Gasteiger partial charge < -0.3 is 4.98 Å². The first-order valence-corrected chi connectivity index (χ1v) is 3.85. The van der Waals surface area contributed by atoms with Gasteiger partial charge in [-0.15, -0.1) is 0 Å². The molecular formula is C8H4F5NO2. The number of aldehydes is 1. The maximum absolute atomic E-state index is 12.3. The van der Waals surface area contributed by atoms with Gasteiger partial charge in [-0.3, -0.25) is 9.59 Å². The molecule has 0 saturated heterocycles. The molecule has 0 amide bonds. The Morgan fingerprint density at radius 1 is 1.31 bits per heavy atom. The number of rotatable bonds is 2. The fourth-order valence-electron chi connectivity index (χ4n) is 1.10. The molecule has 0 fully saturated rings. The molecule has 88 valence electrons. The molecule has 0 unspecified atom stereocenters. The van der Waals surface area contributed by atoms with Gasteiger partial charge in [0.05, 0.1) is 16.8 Å². The lowest BCUT2D eigenvalue weighted by molar-refractivity contribution is -0.139. The molecule has 0 aliphatic heterocycles. The van der Waals surface area contributed by atoms with Gasteiger partial charge >= 0.3 is 6.18 Å². The third kappa shape index (κ3) is 2.26. The van der Waals surface area contributed by atoms with Gasteiger partial charge in [0.25, 0.3) is 12.0 Å². The second-order valence-electron chi connectivity index (χ2n) is 2.80. The molecule has 0 saturated carbocycles. The molecule has 0 radical (unpaired) electrons. The minimum absolute atomic E-state index is 0.0636. The molecule has 0 aliphatic carbocycles. The maximum Gasteiger partial charge on any atom is 0.417 e. The van der Waals surface area contributed by atoms with Crippen LogP contribution in [0.4, 0.5) is 22.0 Å². The Balaban J connectivity index is 3.60. The largest absolute Gasteiger partial charge is 0.417 e. The number of aromatic amines is 1. The summed E-state index contributed by atoms with van der Waals surface area (Å²) >= 11 is 0. The van der Waals surface area contributed by atoms with Crippen LogP contribution in [0.5, 0.6) is 0 Å². The van der Waals surface area contributed by atoms with E-state index in [0.717, 1.165) is 0 Å². The Kier molecular flexibility index (Phi) is 3.11. The predicted octanol–water partition coefficient (Wildman–Crippen LogP) is 2.14. The monoisotopic (exact) mass is 241 g/mol. The molecule has 16 heavy (non-hydrogen) atoms. The van der Waals surface area contributed by atoms with Crippen LogP contribution in [0.15, 0.2) is 10.9 Å². The van der Waals surface area contributed by atoms with E-state index in [4.69, 9.17) is 0 Å². The molecule has 1 rings (SSSR count). The molecule has 3 nitrogen and oxygen atoms in total. The summed E-state index contributed by atoms with van der Waals surface area (Å²) in [6, 6.07) is 0.176. The second kappa shape index (κ2) is 4.03. The van der Waals surface area contributed by atoms with Crippen molar-refractivity contribution in [1.29, 1.82) is 0 Å². The highest BCUT2D eigenvalue weighted by Gasteiger charge is 2.37. The summed E-state index contributed by atoms with van der Waals surface area (Å²) in [6.07, 6.45) is -8.75. The first-order chi connectivity index (χ1) is 7.27. The average molecular weight is 241 g/mol. The molecule has 0 spiro atoms. The number of H-pyrrole nitrogens is 1. The fourth-order valence-corrected chi connectivity index (χ4v) is 1.10. The molecule has 0 atom stereocenters. The minimum Gasteiger partial charge on any atom is -0.319 e. The van der Waals surface area contributed by atoms with E-state index in [0.29, 0.717) is 0 Å². The van der Waals surface area contributed by atoms with Crippen molar-refractivity contribution in [2.45, 2.75) is 12.6 Å². The Labute approximate surface area is 84.9 Å². The normalized spacial score (nSPS) is 11.9. The van der Waals surface area contributed by atoms with Gasteiger partial charge in [-0.2, -0.15) is 13.2 Å². The number of hydrogen-bond donors (Lipinski definition) is 1. The van der Waals surface area contributed by atoms with Crippen LogP contribution in [0, 0.1) is 0 Å². The van der Waals surface area contributed by atoms with Crippen molar-refractivity contribution in [3.05, 3.63) is 33.2 Å². The lowest BCUT2D eigenvalue weighted by Gasteiger charge is -2.11. The van der Waals surface area contributed by atoms with Crippen molar-refractivity contribution in [2.75, 3.05) is 0 Å². The number of carbonyl (C=O) groups is 1. The zero-order valence-electron chi connectivity index (χ0n) is 7.44. The summed E-state index contributed by atoms with van der Waals surface area (Å²) in [6.45, 7) is 0. The van der Waals surface area contributed by atoms with E-state index in [1.807, 2.05) is 0 Å². The summed E-state index contributed by atoms with van der Waals surface area (Å²) < 4.78 is 61.4. The Morgan fingerprint density at radius 3 is 2.25 bits per heavy atom. The van der Waals surface area contributed by atoms with Gasteiger partial charge in [0.2, 0.25) is 0 Å². The number of carbonyl (C=O) groups excluding carboxylic acids is 1. The minimum atomic E-state index is -5.11. The molecule has 8 heteroatoms. The molecule has 1 aromatic rings. The Morgan fingerprint density at radius 2 is 1.88 bits per heavy atom. The van der Waals surface area contributed by atoms with Crippen molar-refractivity contribution < 1.29 is 26.7 Å². The number of hydrogen-bond acceptors (Lipinski definition) is 2. The van der Waals surface area contributed by atoms with Crippen molar-refractivity contribution >= 4 is 6.29 Å². The quantitative estimate of drug-likeness (QED) is 0.637. The molecule has 1 aromatic heterocycles. The van der Waals surface area contributed by atoms with E-state index in [2.05, 4.69) is 0 Å². The standard InChI is InChI=1S/C8H4F5NO2/c9-6(10)5-4(8(11,12)13)1-3(2-15)14-7(5)16/h1-2,6H,(H,14,16). The molecule has 1 heterocycles. The van der Waals surface area contributed by atoms with Crippen LogP contribution in [0.2, 0.25) is 0 Å². The first kappa shape index (κ1) is 12.3. The van der Waals surface area contributed by atoms with E-state index >= 15 is 0 Å². The van der Waals surface area contributed by atoms with E-state index in [1.54, 1.807) is 4.98 Å². The highest BCUT2D eigenvalue weighted by molar-refractivity contribution is 5.72. The van der Waals surface area contributed by atoms with Crippen LogP contribution in [-0.2, 0) is 6.18 Å². The predicted molar refractivity (Wildman–Crippen MR) is 42.4 cm³/mol. The SMILES string of the molecule is O=Cc1cc(C(F)(F)F)c(C(F)F)c(=O)[nH]1. The van der Waals surface area contributed by atoms with E-state index < -0.39 is 35.0 Å². The molecule has 0 aliphatic rings. The van der Waals surface area contributed by atoms with Crippen LogP contribution in [0.3, 0.4) is 0 Å². The Hall–Kier alpha value is -1.73. The van der Waals surface area contributed by atoms with Crippen molar-refractivity contribution in [2.24, 2.45) is 0 Å². The lowest BCUT2D eigenvalue weighted by Crippen LogP contribution is -2.22.